The summed E-state index contributed by atoms with van der Waals surface area (Å²) in [6.45, 7) is 2.00. The van der Waals surface area contributed by atoms with Gasteiger partial charge in [-0.1, -0.05) is 0 Å². The molecule has 2 N–H and O–H groups in total. The van der Waals surface area contributed by atoms with Crippen molar-refractivity contribution in [3.63, 3.8) is 0 Å². The molecule has 1 fully saturated rings. The standard InChI is InChI=1S/C13H14FN3S/c1-7-12(10-5-4-9(14)6-16-10)17-13(18-7)11(15)8-2-3-8/h4-6,8,11H,2-3,15H2,1H3. The van der Waals surface area contributed by atoms with Gasteiger partial charge in [-0.15, -0.1) is 11.3 Å². The predicted molar refractivity (Wildman–Crippen MR) is 69.7 cm³/mol. The van der Waals surface area contributed by atoms with Crippen LogP contribution in [-0.4, -0.2) is 9.97 Å². The van der Waals surface area contributed by atoms with Crippen LogP contribution < -0.4 is 5.73 Å². The molecule has 2 heterocycles. The Hall–Kier alpha value is -1.33. The fraction of sp³-hybridized carbons (Fsp3) is 0.385. The summed E-state index contributed by atoms with van der Waals surface area (Å²) < 4.78 is 12.9. The monoisotopic (exact) mass is 263 g/mol. The second-order valence-electron chi connectivity index (χ2n) is 4.68. The molecular weight excluding hydrogens is 249 g/mol. The summed E-state index contributed by atoms with van der Waals surface area (Å²) in [5.41, 5.74) is 7.69. The van der Waals surface area contributed by atoms with E-state index in [0.717, 1.165) is 15.6 Å². The van der Waals surface area contributed by atoms with Gasteiger partial charge in [0.2, 0.25) is 0 Å². The molecule has 0 saturated heterocycles. The zero-order valence-corrected chi connectivity index (χ0v) is 10.9. The summed E-state index contributed by atoms with van der Waals surface area (Å²) in [5.74, 6) is 0.256. The van der Waals surface area contributed by atoms with Crippen molar-refractivity contribution in [3.8, 4) is 11.4 Å². The van der Waals surface area contributed by atoms with Crippen LogP contribution in [0, 0.1) is 18.7 Å². The van der Waals surface area contributed by atoms with Crippen LogP contribution in [0.5, 0.6) is 0 Å². The Morgan fingerprint density at radius 3 is 2.83 bits per heavy atom. The number of hydrogen-bond acceptors (Lipinski definition) is 4. The normalized spacial score (nSPS) is 16.8. The van der Waals surface area contributed by atoms with E-state index in [1.807, 2.05) is 6.92 Å². The molecule has 94 valence electrons. The van der Waals surface area contributed by atoms with E-state index in [4.69, 9.17) is 5.73 Å². The third-order valence-electron chi connectivity index (χ3n) is 3.20. The van der Waals surface area contributed by atoms with E-state index in [1.54, 1.807) is 17.4 Å². The average Bonchev–Trinajstić information content (AvgIpc) is 3.13. The molecule has 3 nitrogen and oxygen atoms in total. The van der Waals surface area contributed by atoms with Crippen LogP contribution in [0.1, 0.15) is 28.8 Å². The minimum absolute atomic E-state index is 0.0444. The third kappa shape index (κ3) is 2.15. The van der Waals surface area contributed by atoms with E-state index >= 15 is 0 Å². The molecule has 1 aliphatic rings. The zero-order chi connectivity index (χ0) is 12.7. The van der Waals surface area contributed by atoms with Gasteiger partial charge < -0.3 is 5.73 Å². The van der Waals surface area contributed by atoms with Crippen LogP contribution in [0.4, 0.5) is 4.39 Å². The molecule has 1 aliphatic carbocycles. The van der Waals surface area contributed by atoms with Gasteiger partial charge in [-0.25, -0.2) is 9.37 Å². The SMILES string of the molecule is Cc1sc(C(N)C2CC2)nc1-c1ccc(F)cn1. The maximum Gasteiger partial charge on any atom is 0.141 e. The van der Waals surface area contributed by atoms with Gasteiger partial charge in [0.05, 0.1) is 17.9 Å². The second-order valence-corrected chi connectivity index (χ2v) is 5.92. The van der Waals surface area contributed by atoms with Gasteiger partial charge in [0.1, 0.15) is 16.5 Å². The molecule has 0 amide bonds. The molecule has 2 aromatic rings. The number of aromatic nitrogens is 2. The molecule has 2 aromatic heterocycles. The van der Waals surface area contributed by atoms with Gasteiger partial charge in [0, 0.05) is 4.88 Å². The van der Waals surface area contributed by atoms with E-state index in [0.29, 0.717) is 11.6 Å². The quantitative estimate of drug-likeness (QED) is 0.926. The van der Waals surface area contributed by atoms with Crippen molar-refractivity contribution in [2.45, 2.75) is 25.8 Å². The Kier molecular flexibility index (Phi) is 2.87. The number of hydrogen-bond donors (Lipinski definition) is 1. The van der Waals surface area contributed by atoms with E-state index in [1.165, 1.54) is 25.1 Å². The first-order valence-electron chi connectivity index (χ1n) is 6.00. The van der Waals surface area contributed by atoms with Gasteiger partial charge in [-0.2, -0.15) is 0 Å². The Morgan fingerprint density at radius 2 is 2.22 bits per heavy atom. The molecule has 0 aliphatic heterocycles. The summed E-state index contributed by atoms with van der Waals surface area (Å²) in [4.78, 5) is 9.73. The van der Waals surface area contributed by atoms with Crippen LogP contribution in [0.15, 0.2) is 18.3 Å². The Balaban J connectivity index is 1.94. The number of halogens is 1. The smallest absolute Gasteiger partial charge is 0.141 e. The Morgan fingerprint density at radius 1 is 1.44 bits per heavy atom. The summed E-state index contributed by atoms with van der Waals surface area (Å²) in [6.07, 6.45) is 3.61. The van der Waals surface area contributed by atoms with Gasteiger partial charge in [0.25, 0.3) is 0 Å². The fourth-order valence-electron chi connectivity index (χ4n) is 1.97. The molecule has 5 heteroatoms. The lowest BCUT2D eigenvalue weighted by Gasteiger charge is -2.04. The molecule has 0 radical (unpaired) electrons. The van der Waals surface area contributed by atoms with Gasteiger partial charge in [-0.05, 0) is 37.8 Å². The first-order chi connectivity index (χ1) is 8.65. The van der Waals surface area contributed by atoms with Crippen molar-refractivity contribution in [3.05, 3.63) is 34.0 Å². The van der Waals surface area contributed by atoms with Gasteiger partial charge in [0.15, 0.2) is 0 Å². The first-order valence-corrected chi connectivity index (χ1v) is 6.81. The zero-order valence-electron chi connectivity index (χ0n) is 10.1. The van der Waals surface area contributed by atoms with Crippen LogP contribution in [0.25, 0.3) is 11.4 Å². The molecular formula is C13H14FN3S. The van der Waals surface area contributed by atoms with Crippen molar-refractivity contribution >= 4 is 11.3 Å². The number of nitrogens with two attached hydrogens (primary N) is 1. The molecule has 1 atom stereocenters. The number of aryl methyl sites for hydroxylation is 1. The minimum Gasteiger partial charge on any atom is -0.322 e. The molecule has 0 aromatic carbocycles. The molecule has 1 saturated carbocycles. The highest BCUT2D eigenvalue weighted by molar-refractivity contribution is 7.12. The lowest BCUT2D eigenvalue weighted by Crippen LogP contribution is -2.11. The van der Waals surface area contributed by atoms with Crippen molar-refractivity contribution in [2.75, 3.05) is 0 Å². The summed E-state index contributed by atoms with van der Waals surface area (Å²) in [7, 11) is 0. The Labute approximate surface area is 109 Å². The van der Waals surface area contributed by atoms with Crippen LogP contribution in [-0.2, 0) is 0 Å². The Bertz CT molecular complexity index is 560. The highest BCUT2D eigenvalue weighted by atomic mass is 32.1. The number of rotatable bonds is 3. The summed E-state index contributed by atoms with van der Waals surface area (Å²) >= 11 is 1.62. The van der Waals surface area contributed by atoms with Gasteiger partial charge in [-0.3, -0.25) is 4.98 Å². The van der Waals surface area contributed by atoms with Crippen molar-refractivity contribution < 1.29 is 4.39 Å². The third-order valence-corrected chi connectivity index (χ3v) is 4.27. The summed E-state index contributed by atoms with van der Waals surface area (Å²) in [5, 5.41) is 0.969. The maximum atomic E-state index is 12.9. The molecule has 0 spiro atoms. The lowest BCUT2D eigenvalue weighted by molar-refractivity contribution is 0.621. The first kappa shape index (κ1) is 11.7. The molecule has 18 heavy (non-hydrogen) atoms. The number of nitrogens with zero attached hydrogens (tertiary/aromatic N) is 2. The van der Waals surface area contributed by atoms with E-state index in [2.05, 4.69) is 9.97 Å². The molecule has 3 rings (SSSR count). The van der Waals surface area contributed by atoms with Crippen molar-refractivity contribution in [1.29, 1.82) is 0 Å². The van der Waals surface area contributed by atoms with E-state index in [9.17, 15) is 4.39 Å². The summed E-state index contributed by atoms with van der Waals surface area (Å²) in [6, 6.07) is 3.11. The predicted octanol–water partition coefficient (Wildman–Crippen LogP) is 3.06. The van der Waals surface area contributed by atoms with Crippen LogP contribution >= 0.6 is 11.3 Å². The fourth-order valence-corrected chi connectivity index (χ4v) is 3.00. The highest BCUT2D eigenvalue weighted by Crippen LogP contribution is 2.41. The number of pyridine rings is 1. The van der Waals surface area contributed by atoms with Crippen LogP contribution in [0.3, 0.4) is 0 Å². The lowest BCUT2D eigenvalue weighted by atomic mass is 10.2. The van der Waals surface area contributed by atoms with E-state index < -0.39 is 0 Å². The highest BCUT2D eigenvalue weighted by Gasteiger charge is 2.32. The van der Waals surface area contributed by atoms with Crippen molar-refractivity contribution in [2.24, 2.45) is 11.7 Å². The largest absolute Gasteiger partial charge is 0.322 e. The second kappa shape index (κ2) is 4.40. The maximum absolute atomic E-state index is 12.9. The molecule has 0 bridgehead atoms. The molecule has 1 unspecified atom stereocenters. The topological polar surface area (TPSA) is 51.8 Å². The van der Waals surface area contributed by atoms with Crippen molar-refractivity contribution in [1.82, 2.24) is 9.97 Å². The number of thiazole rings is 1. The average molecular weight is 263 g/mol. The van der Waals surface area contributed by atoms with E-state index in [-0.39, 0.29) is 11.9 Å². The van der Waals surface area contributed by atoms with Gasteiger partial charge >= 0.3 is 0 Å². The minimum atomic E-state index is -0.332. The van der Waals surface area contributed by atoms with Crippen LogP contribution in [0.2, 0.25) is 0 Å².